The number of aryl methyl sites for hydroxylation is 4. The molecular formula is C64H46N4. The summed E-state index contributed by atoms with van der Waals surface area (Å²) >= 11 is 0. The van der Waals surface area contributed by atoms with Crippen molar-refractivity contribution in [2.75, 3.05) is 0 Å². The molecule has 8 aromatic carbocycles. The van der Waals surface area contributed by atoms with E-state index in [-0.39, 0.29) is 0 Å². The first-order valence-electron chi connectivity index (χ1n) is 23.5. The van der Waals surface area contributed by atoms with Crippen LogP contribution in [0.5, 0.6) is 0 Å². The minimum atomic E-state index is 0.932. The Morgan fingerprint density at radius 2 is 0.426 bits per heavy atom. The Bertz CT molecular complexity index is 3570. The molecule has 8 bridgehead atoms. The van der Waals surface area contributed by atoms with Gasteiger partial charge in [-0.1, -0.05) is 194 Å². The van der Waals surface area contributed by atoms with Gasteiger partial charge in [-0.15, -0.1) is 0 Å². The lowest BCUT2D eigenvalue weighted by molar-refractivity contribution is 1.37. The van der Waals surface area contributed by atoms with Gasteiger partial charge in [-0.3, -0.25) is 0 Å². The van der Waals surface area contributed by atoms with E-state index in [9.17, 15) is 0 Å². The van der Waals surface area contributed by atoms with Gasteiger partial charge in [0.25, 0.3) is 0 Å². The SMILES string of the molecule is Cc1ccccc1-c1c2nc(c(-c3ccccc3C)c3[nH]c(c(-c4ccccc4C)c4nc(c(-c5ccccc5C)c5[nH]c1c1ccccc51)-c1ccccc1-4)c1ccccc31)-c1ccccc1-2. The van der Waals surface area contributed by atoms with Gasteiger partial charge in [-0.05, 0) is 72.2 Å². The van der Waals surface area contributed by atoms with E-state index < -0.39 is 0 Å². The molecule has 0 unspecified atom stereocenters. The van der Waals surface area contributed by atoms with Gasteiger partial charge >= 0.3 is 0 Å². The standard InChI is InChI=1S/C64H46N4/c1-37-21-5-9-25-41(37)53-57-45-29-13-15-31-47(45)59(65-57)54(42-26-10-6-22-38(42)2)61-49-33-17-19-35-51(49)63(67-61)56(44-28-12-8-24-40(44)4)64-52-36-20-18-34-50(52)62(68-64)55(43-27-11-7-23-39(43)3)60-48-32-16-14-30-46(48)58(53)66-60/h5-36,65,68H,1-4H3. The van der Waals surface area contributed by atoms with Crippen LogP contribution in [0.25, 0.3) is 133 Å². The Hall–Kier alpha value is -8.60. The quantitative estimate of drug-likeness (QED) is 0.185. The number of rotatable bonds is 4. The zero-order chi connectivity index (χ0) is 45.6. The summed E-state index contributed by atoms with van der Waals surface area (Å²) in [6.07, 6.45) is 0. The van der Waals surface area contributed by atoms with Crippen molar-refractivity contribution in [3.8, 4) is 89.5 Å². The molecule has 4 heteroatoms. The van der Waals surface area contributed by atoms with Gasteiger partial charge in [0.15, 0.2) is 0 Å². The zero-order valence-electron chi connectivity index (χ0n) is 38.4. The van der Waals surface area contributed by atoms with E-state index in [4.69, 9.17) is 9.97 Å². The number of hydrogen-bond donors (Lipinski definition) is 2. The molecule has 1 aliphatic carbocycles. The first-order chi connectivity index (χ1) is 33.4. The number of H-pyrrole nitrogens is 2. The van der Waals surface area contributed by atoms with Crippen LogP contribution in [0.1, 0.15) is 22.3 Å². The second-order valence-corrected chi connectivity index (χ2v) is 18.3. The highest BCUT2D eigenvalue weighted by Gasteiger charge is 2.30. The van der Waals surface area contributed by atoms with Crippen molar-refractivity contribution in [2.24, 2.45) is 0 Å². The minimum Gasteiger partial charge on any atom is -0.353 e. The van der Waals surface area contributed by atoms with E-state index in [1.54, 1.807) is 0 Å². The average molecular weight is 871 g/mol. The summed E-state index contributed by atoms with van der Waals surface area (Å²) in [6, 6.07) is 70.3. The maximum atomic E-state index is 6.00. The van der Waals surface area contributed by atoms with E-state index in [1.165, 1.54) is 22.3 Å². The van der Waals surface area contributed by atoms with Crippen molar-refractivity contribution in [1.29, 1.82) is 0 Å². The monoisotopic (exact) mass is 870 g/mol. The highest BCUT2D eigenvalue weighted by molar-refractivity contribution is 6.21. The molecule has 0 atom stereocenters. The van der Waals surface area contributed by atoms with E-state index in [0.717, 1.165) is 133 Å². The summed E-state index contributed by atoms with van der Waals surface area (Å²) < 4.78 is 0. The average Bonchev–Trinajstić information content (AvgIpc) is 4.14. The predicted octanol–water partition coefficient (Wildman–Crippen LogP) is 17.2. The molecule has 2 aromatic heterocycles. The van der Waals surface area contributed by atoms with E-state index >= 15 is 0 Å². The summed E-state index contributed by atoms with van der Waals surface area (Å²) in [5, 5.41) is 4.48. The largest absolute Gasteiger partial charge is 0.353 e. The first-order valence-corrected chi connectivity index (χ1v) is 23.5. The summed E-state index contributed by atoms with van der Waals surface area (Å²) in [4.78, 5) is 20.4. The van der Waals surface area contributed by atoms with Crippen molar-refractivity contribution in [2.45, 2.75) is 27.7 Å². The third-order valence-electron chi connectivity index (χ3n) is 14.4. The Morgan fingerprint density at radius 1 is 0.235 bits per heavy atom. The van der Waals surface area contributed by atoms with E-state index in [1.807, 2.05) is 0 Å². The van der Waals surface area contributed by atoms with Gasteiger partial charge in [0.2, 0.25) is 0 Å². The fourth-order valence-corrected chi connectivity index (χ4v) is 11.1. The number of hydrogen-bond acceptors (Lipinski definition) is 2. The molecule has 0 spiro atoms. The van der Waals surface area contributed by atoms with Gasteiger partial charge in [0, 0.05) is 66.1 Å². The summed E-state index contributed by atoms with van der Waals surface area (Å²) in [7, 11) is 0. The molecule has 4 nitrogen and oxygen atoms in total. The predicted molar refractivity (Wildman–Crippen MR) is 286 cm³/mol. The third-order valence-corrected chi connectivity index (χ3v) is 14.4. The highest BCUT2D eigenvalue weighted by atomic mass is 14.8. The number of aromatic nitrogens is 4. The highest BCUT2D eigenvalue weighted by Crippen LogP contribution is 2.52. The van der Waals surface area contributed by atoms with Crippen molar-refractivity contribution in [3.63, 3.8) is 0 Å². The molecule has 2 N–H and O–H groups in total. The molecule has 322 valence electrons. The first kappa shape index (κ1) is 39.7. The Kier molecular flexibility index (Phi) is 9.06. The fraction of sp³-hybridized carbons (Fsp3) is 0.0625. The van der Waals surface area contributed by atoms with Crippen molar-refractivity contribution in [3.05, 3.63) is 216 Å². The van der Waals surface area contributed by atoms with Crippen LogP contribution in [-0.4, -0.2) is 19.9 Å². The number of nitrogens with one attached hydrogen (secondary N) is 2. The van der Waals surface area contributed by atoms with Crippen LogP contribution in [0, 0.1) is 27.7 Å². The molecular weight excluding hydrogens is 825 g/mol. The van der Waals surface area contributed by atoms with Crippen molar-refractivity contribution in [1.82, 2.24) is 19.9 Å². The maximum absolute atomic E-state index is 6.00. The van der Waals surface area contributed by atoms with Gasteiger partial charge < -0.3 is 9.97 Å². The molecule has 13 rings (SSSR count). The Labute approximate surface area is 395 Å². The minimum absolute atomic E-state index is 0.932. The van der Waals surface area contributed by atoms with Crippen LogP contribution in [-0.2, 0) is 0 Å². The Morgan fingerprint density at radius 3 is 0.647 bits per heavy atom. The van der Waals surface area contributed by atoms with Gasteiger partial charge in [-0.2, -0.15) is 0 Å². The molecule has 0 saturated carbocycles. The third kappa shape index (κ3) is 5.93. The molecule has 3 aliphatic rings. The lowest BCUT2D eigenvalue weighted by Crippen LogP contribution is -1.90. The number of nitrogens with zero attached hydrogens (tertiary/aromatic N) is 2. The van der Waals surface area contributed by atoms with Crippen LogP contribution >= 0.6 is 0 Å². The fourth-order valence-electron chi connectivity index (χ4n) is 11.1. The molecule has 0 fully saturated rings. The molecule has 0 saturated heterocycles. The normalized spacial score (nSPS) is 11.8. The van der Waals surface area contributed by atoms with Crippen LogP contribution in [0.15, 0.2) is 194 Å². The lowest BCUT2D eigenvalue weighted by Gasteiger charge is -2.11. The van der Waals surface area contributed by atoms with Gasteiger partial charge in [0.1, 0.15) is 0 Å². The van der Waals surface area contributed by atoms with Gasteiger partial charge in [-0.25, -0.2) is 9.97 Å². The lowest BCUT2D eigenvalue weighted by atomic mass is 9.91. The smallest absolute Gasteiger partial charge is 0.0816 e. The molecule has 2 aliphatic heterocycles. The molecule has 68 heavy (non-hydrogen) atoms. The Balaban J connectivity index is 1.41. The van der Waals surface area contributed by atoms with Crippen LogP contribution in [0.2, 0.25) is 0 Å². The van der Waals surface area contributed by atoms with Crippen molar-refractivity contribution < 1.29 is 0 Å². The maximum Gasteiger partial charge on any atom is 0.0816 e. The van der Waals surface area contributed by atoms with Crippen LogP contribution in [0.3, 0.4) is 0 Å². The summed E-state index contributed by atoms with van der Waals surface area (Å²) in [5.41, 5.74) is 25.6. The second-order valence-electron chi connectivity index (χ2n) is 18.3. The van der Waals surface area contributed by atoms with Gasteiger partial charge in [0.05, 0.1) is 44.8 Å². The van der Waals surface area contributed by atoms with Crippen molar-refractivity contribution >= 4 is 43.6 Å². The summed E-state index contributed by atoms with van der Waals surface area (Å²) in [6.45, 7) is 8.86. The number of aromatic amines is 2. The molecule has 10 aromatic rings. The molecule has 4 heterocycles. The molecule has 0 amide bonds. The van der Waals surface area contributed by atoms with Crippen LogP contribution < -0.4 is 0 Å². The summed E-state index contributed by atoms with van der Waals surface area (Å²) in [5.74, 6) is 0. The molecule has 0 radical (unpaired) electrons. The second kappa shape index (κ2) is 15.5. The van der Waals surface area contributed by atoms with E-state index in [0.29, 0.717) is 0 Å². The van der Waals surface area contributed by atoms with Crippen LogP contribution in [0.4, 0.5) is 0 Å². The topological polar surface area (TPSA) is 57.4 Å². The zero-order valence-corrected chi connectivity index (χ0v) is 38.4. The van der Waals surface area contributed by atoms with E-state index in [2.05, 4.69) is 232 Å². The number of benzene rings is 8.